The van der Waals surface area contributed by atoms with Gasteiger partial charge < -0.3 is 4.90 Å². The quantitative estimate of drug-likeness (QED) is 0.623. The molecule has 3 rings (SSSR count). The first-order valence-corrected chi connectivity index (χ1v) is 8.90. The van der Waals surface area contributed by atoms with Gasteiger partial charge in [-0.25, -0.2) is 4.98 Å². The summed E-state index contributed by atoms with van der Waals surface area (Å²) in [6.45, 7) is 4.46. The Hall–Kier alpha value is -2.17. The number of nitrogens with zero attached hydrogens (tertiary/aromatic N) is 2. The third kappa shape index (κ3) is 3.35. The second kappa shape index (κ2) is 7.16. The topological polar surface area (TPSA) is 33.2 Å². The summed E-state index contributed by atoms with van der Waals surface area (Å²) in [5, 5.41) is 1.51. The minimum Gasteiger partial charge on any atom is -0.308 e. The SMILES string of the molecule is CCN(C(=O)c1sc(-c2ccc(Cl)cc2)nc1C)c1ccccc1. The Morgan fingerprint density at radius 3 is 2.42 bits per heavy atom. The van der Waals surface area contributed by atoms with Gasteiger partial charge in [0.25, 0.3) is 5.91 Å². The predicted octanol–water partition coefficient (Wildman–Crippen LogP) is 5.44. The molecule has 0 atom stereocenters. The van der Waals surface area contributed by atoms with Gasteiger partial charge in [-0.1, -0.05) is 41.9 Å². The molecule has 24 heavy (non-hydrogen) atoms. The number of halogens is 1. The van der Waals surface area contributed by atoms with Crippen molar-refractivity contribution in [2.75, 3.05) is 11.4 Å². The largest absolute Gasteiger partial charge is 0.308 e. The maximum absolute atomic E-state index is 13.0. The van der Waals surface area contributed by atoms with E-state index >= 15 is 0 Å². The molecule has 3 nitrogen and oxygen atoms in total. The van der Waals surface area contributed by atoms with Crippen LogP contribution in [0.1, 0.15) is 22.3 Å². The molecule has 3 aromatic rings. The van der Waals surface area contributed by atoms with Crippen molar-refractivity contribution in [3.63, 3.8) is 0 Å². The highest BCUT2D eigenvalue weighted by molar-refractivity contribution is 7.17. The third-order valence-electron chi connectivity index (χ3n) is 3.71. The molecule has 0 bridgehead atoms. The number of benzene rings is 2. The van der Waals surface area contributed by atoms with E-state index in [-0.39, 0.29) is 5.91 Å². The van der Waals surface area contributed by atoms with E-state index in [0.717, 1.165) is 22.0 Å². The van der Waals surface area contributed by atoms with Crippen LogP contribution in [0.25, 0.3) is 10.6 Å². The highest BCUT2D eigenvalue weighted by atomic mass is 35.5. The van der Waals surface area contributed by atoms with E-state index in [1.54, 1.807) is 4.90 Å². The molecule has 0 saturated carbocycles. The molecule has 0 aliphatic carbocycles. The first kappa shape index (κ1) is 16.7. The van der Waals surface area contributed by atoms with Crippen molar-refractivity contribution in [2.24, 2.45) is 0 Å². The van der Waals surface area contributed by atoms with E-state index in [1.807, 2.05) is 68.4 Å². The molecule has 122 valence electrons. The van der Waals surface area contributed by atoms with Crippen LogP contribution in [0.5, 0.6) is 0 Å². The van der Waals surface area contributed by atoms with Crippen LogP contribution in [0.2, 0.25) is 5.02 Å². The van der Waals surface area contributed by atoms with Crippen LogP contribution in [0.4, 0.5) is 5.69 Å². The van der Waals surface area contributed by atoms with E-state index in [4.69, 9.17) is 11.6 Å². The van der Waals surface area contributed by atoms with Gasteiger partial charge in [0, 0.05) is 22.8 Å². The second-order valence-corrected chi connectivity index (χ2v) is 6.76. The van der Waals surface area contributed by atoms with E-state index in [9.17, 15) is 4.79 Å². The standard InChI is InChI=1S/C19H17ClN2OS/c1-3-22(16-7-5-4-6-8-16)19(23)17-13(2)21-18(24-17)14-9-11-15(20)12-10-14/h4-12H,3H2,1-2H3. The number of thiazole rings is 1. The van der Waals surface area contributed by atoms with E-state index in [1.165, 1.54) is 11.3 Å². The Labute approximate surface area is 150 Å². The molecule has 0 spiro atoms. The van der Waals surface area contributed by atoms with Gasteiger partial charge in [-0.05, 0) is 38.1 Å². The molecule has 0 radical (unpaired) electrons. The van der Waals surface area contributed by atoms with Gasteiger partial charge in [-0.3, -0.25) is 4.79 Å². The van der Waals surface area contributed by atoms with Crippen LogP contribution in [-0.4, -0.2) is 17.4 Å². The van der Waals surface area contributed by atoms with Crippen molar-refractivity contribution in [1.29, 1.82) is 0 Å². The lowest BCUT2D eigenvalue weighted by Gasteiger charge is -2.20. The molecule has 0 saturated heterocycles. The molecule has 5 heteroatoms. The number of carbonyl (C=O) groups excluding carboxylic acids is 1. The summed E-state index contributed by atoms with van der Waals surface area (Å²) in [7, 11) is 0. The summed E-state index contributed by atoms with van der Waals surface area (Å²) in [5.41, 5.74) is 2.62. The zero-order valence-electron chi connectivity index (χ0n) is 13.5. The number of hydrogen-bond donors (Lipinski definition) is 0. The number of carbonyl (C=O) groups is 1. The van der Waals surface area contributed by atoms with Gasteiger partial charge >= 0.3 is 0 Å². The van der Waals surface area contributed by atoms with Gasteiger partial charge in [0.1, 0.15) is 9.88 Å². The van der Waals surface area contributed by atoms with Crippen LogP contribution >= 0.6 is 22.9 Å². The number of amides is 1. The smallest absolute Gasteiger partial charge is 0.270 e. The molecule has 0 aliphatic rings. The van der Waals surface area contributed by atoms with Crippen molar-refractivity contribution in [3.8, 4) is 10.6 Å². The Morgan fingerprint density at radius 1 is 1.12 bits per heavy atom. The zero-order valence-corrected chi connectivity index (χ0v) is 15.1. The van der Waals surface area contributed by atoms with Crippen LogP contribution in [0.3, 0.4) is 0 Å². The minimum absolute atomic E-state index is 0.0149. The lowest BCUT2D eigenvalue weighted by Crippen LogP contribution is -2.30. The summed E-state index contributed by atoms with van der Waals surface area (Å²) in [6, 6.07) is 17.2. The molecular weight excluding hydrogens is 340 g/mol. The summed E-state index contributed by atoms with van der Waals surface area (Å²) >= 11 is 7.36. The summed E-state index contributed by atoms with van der Waals surface area (Å²) in [5.74, 6) is -0.0149. The number of para-hydroxylation sites is 1. The van der Waals surface area contributed by atoms with E-state index in [0.29, 0.717) is 16.4 Å². The molecule has 0 unspecified atom stereocenters. The highest BCUT2D eigenvalue weighted by Crippen LogP contribution is 2.30. The highest BCUT2D eigenvalue weighted by Gasteiger charge is 2.22. The second-order valence-electron chi connectivity index (χ2n) is 5.33. The molecule has 0 aliphatic heterocycles. The van der Waals surface area contributed by atoms with Gasteiger partial charge in [0.2, 0.25) is 0 Å². The van der Waals surface area contributed by atoms with Gasteiger partial charge in [-0.15, -0.1) is 11.3 Å². The van der Waals surface area contributed by atoms with E-state index in [2.05, 4.69) is 4.98 Å². The fraction of sp³-hybridized carbons (Fsp3) is 0.158. The normalized spacial score (nSPS) is 10.6. The average molecular weight is 357 g/mol. The van der Waals surface area contributed by atoms with E-state index < -0.39 is 0 Å². The number of hydrogen-bond acceptors (Lipinski definition) is 3. The molecule has 1 aromatic heterocycles. The third-order valence-corrected chi connectivity index (χ3v) is 5.16. The van der Waals surface area contributed by atoms with Gasteiger partial charge in [-0.2, -0.15) is 0 Å². The van der Waals surface area contributed by atoms with Crippen molar-refractivity contribution in [2.45, 2.75) is 13.8 Å². The predicted molar refractivity (Wildman–Crippen MR) is 101 cm³/mol. The number of aryl methyl sites for hydroxylation is 1. The maximum Gasteiger partial charge on any atom is 0.270 e. The van der Waals surface area contributed by atoms with Crippen molar-refractivity contribution < 1.29 is 4.79 Å². The summed E-state index contributed by atoms with van der Waals surface area (Å²) < 4.78 is 0. The van der Waals surface area contributed by atoms with Crippen molar-refractivity contribution in [1.82, 2.24) is 4.98 Å². The Morgan fingerprint density at radius 2 is 1.79 bits per heavy atom. The van der Waals surface area contributed by atoms with Crippen LogP contribution in [-0.2, 0) is 0 Å². The Kier molecular flexibility index (Phi) is 4.97. The monoisotopic (exact) mass is 356 g/mol. The molecule has 1 heterocycles. The molecule has 0 N–H and O–H groups in total. The lowest BCUT2D eigenvalue weighted by molar-refractivity contribution is 0.0991. The maximum atomic E-state index is 13.0. The van der Waals surface area contributed by atoms with Crippen LogP contribution in [0, 0.1) is 6.92 Å². The first-order valence-electron chi connectivity index (χ1n) is 7.70. The zero-order chi connectivity index (χ0) is 17.1. The average Bonchev–Trinajstić information content (AvgIpc) is 2.99. The Bertz CT molecular complexity index is 844. The van der Waals surface area contributed by atoms with Crippen molar-refractivity contribution in [3.05, 3.63) is 70.2 Å². The molecular formula is C19H17ClN2OS. The molecule has 2 aromatic carbocycles. The van der Waals surface area contributed by atoms with Gasteiger partial charge in [0.05, 0.1) is 5.69 Å². The van der Waals surface area contributed by atoms with Crippen LogP contribution in [0.15, 0.2) is 54.6 Å². The fourth-order valence-corrected chi connectivity index (χ4v) is 3.63. The lowest BCUT2D eigenvalue weighted by atomic mass is 10.2. The molecule has 0 fully saturated rings. The number of anilines is 1. The minimum atomic E-state index is -0.0149. The Balaban J connectivity index is 1.94. The summed E-state index contributed by atoms with van der Waals surface area (Å²) in [4.78, 5) is 20.0. The first-order chi connectivity index (χ1) is 11.6. The summed E-state index contributed by atoms with van der Waals surface area (Å²) in [6.07, 6.45) is 0. The number of aromatic nitrogens is 1. The van der Waals surface area contributed by atoms with Gasteiger partial charge in [0.15, 0.2) is 0 Å². The molecule has 1 amide bonds. The fourth-order valence-electron chi connectivity index (χ4n) is 2.48. The van der Waals surface area contributed by atoms with Crippen LogP contribution < -0.4 is 4.90 Å². The van der Waals surface area contributed by atoms with Crippen molar-refractivity contribution >= 4 is 34.5 Å². The number of rotatable bonds is 4.